The molecular formula is C23H24N4O3S. The lowest BCUT2D eigenvalue weighted by molar-refractivity contribution is -0.117. The van der Waals surface area contributed by atoms with Crippen LogP contribution >= 0.6 is 11.3 Å². The van der Waals surface area contributed by atoms with Crippen molar-refractivity contribution in [3.63, 3.8) is 0 Å². The summed E-state index contributed by atoms with van der Waals surface area (Å²) in [6, 6.07) is 13.2. The predicted molar refractivity (Wildman–Crippen MR) is 121 cm³/mol. The van der Waals surface area contributed by atoms with E-state index in [4.69, 9.17) is 4.74 Å². The van der Waals surface area contributed by atoms with Gasteiger partial charge < -0.3 is 14.6 Å². The van der Waals surface area contributed by atoms with Crippen molar-refractivity contribution in [2.45, 2.75) is 18.9 Å². The molecule has 1 N–H and O–H groups in total. The molecule has 4 heterocycles. The molecule has 2 atom stereocenters. The Morgan fingerprint density at radius 2 is 2.03 bits per heavy atom. The van der Waals surface area contributed by atoms with Gasteiger partial charge in [0.05, 0.1) is 19.3 Å². The van der Waals surface area contributed by atoms with Gasteiger partial charge in [0.2, 0.25) is 5.91 Å². The molecule has 1 saturated heterocycles. The maximum atomic E-state index is 12.7. The molecule has 3 aromatic rings. The third-order valence-corrected chi connectivity index (χ3v) is 6.82. The topological polar surface area (TPSA) is 76.5 Å². The summed E-state index contributed by atoms with van der Waals surface area (Å²) in [4.78, 5) is 31.6. The molecule has 0 saturated carbocycles. The van der Waals surface area contributed by atoms with Crippen LogP contribution in [0.1, 0.15) is 18.0 Å². The Balaban J connectivity index is 1.22. The minimum absolute atomic E-state index is 0.0546. The van der Waals surface area contributed by atoms with Gasteiger partial charge in [0.25, 0.3) is 5.56 Å². The van der Waals surface area contributed by atoms with E-state index in [0.717, 1.165) is 48.8 Å². The number of pyridine rings is 1. The highest BCUT2D eigenvalue weighted by molar-refractivity contribution is 7.14. The zero-order valence-corrected chi connectivity index (χ0v) is 18.1. The van der Waals surface area contributed by atoms with E-state index in [0.29, 0.717) is 23.5 Å². The van der Waals surface area contributed by atoms with Crippen molar-refractivity contribution >= 4 is 22.4 Å². The second-order valence-corrected chi connectivity index (χ2v) is 9.06. The first-order chi connectivity index (χ1) is 15.1. The summed E-state index contributed by atoms with van der Waals surface area (Å²) >= 11 is 1.42. The van der Waals surface area contributed by atoms with Gasteiger partial charge in [-0.2, -0.15) is 0 Å². The number of nitrogens with one attached hydrogen (secondary N) is 1. The van der Waals surface area contributed by atoms with Crippen LogP contribution in [0.25, 0.3) is 11.3 Å². The largest absolute Gasteiger partial charge is 0.497 e. The molecule has 0 radical (unpaired) electrons. The van der Waals surface area contributed by atoms with Gasteiger partial charge in [-0.15, -0.1) is 11.3 Å². The summed E-state index contributed by atoms with van der Waals surface area (Å²) in [5, 5.41) is 5.49. The van der Waals surface area contributed by atoms with E-state index in [1.54, 1.807) is 13.2 Å². The summed E-state index contributed by atoms with van der Waals surface area (Å²) in [6.07, 6.45) is 1.08. The first-order valence-electron chi connectivity index (χ1n) is 10.4. The van der Waals surface area contributed by atoms with E-state index >= 15 is 0 Å². The molecule has 0 unspecified atom stereocenters. The lowest BCUT2D eigenvalue weighted by Crippen LogP contribution is -2.49. The monoisotopic (exact) mass is 436 g/mol. The van der Waals surface area contributed by atoms with Crippen molar-refractivity contribution in [2.75, 3.05) is 32.1 Å². The van der Waals surface area contributed by atoms with Crippen LogP contribution in [0.3, 0.4) is 0 Å². The number of amides is 1. The van der Waals surface area contributed by atoms with Crippen molar-refractivity contribution in [1.82, 2.24) is 14.5 Å². The first-order valence-corrected chi connectivity index (χ1v) is 11.3. The summed E-state index contributed by atoms with van der Waals surface area (Å²) in [5.74, 6) is 1.45. The number of piperidine rings is 1. The van der Waals surface area contributed by atoms with Gasteiger partial charge in [-0.3, -0.25) is 14.5 Å². The summed E-state index contributed by atoms with van der Waals surface area (Å²) in [6.45, 7) is 2.70. The number of aromatic nitrogens is 2. The van der Waals surface area contributed by atoms with E-state index in [2.05, 4.69) is 15.2 Å². The van der Waals surface area contributed by atoms with Crippen LogP contribution in [0.5, 0.6) is 5.75 Å². The van der Waals surface area contributed by atoms with Crippen LogP contribution in [0.2, 0.25) is 0 Å². The number of hydrogen-bond donors (Lipinski definition) is 1. The predicted octanol–water partition coefficient (Wildman–Crippen LogP) is 3.04. The van der Waals surface area contributed by atoms with Gasteiger partial charge in [-0.05, 0) is 42.7 Å². The maximum Gasteiger partial charge on any atom is 0.250 e. The van der Waals surface area contributed by atoms with Gasteiger partial charge in [0.1, 0.15) is 5.75 Å². The number of ether oxygens (including phenoxy) is 1. The Kier molecular flexibility index (Phi) is 5.33. The number of anilines is 1. The number of hydrogen-bond acceptors (Lipinski definition) is 6. The zero-order chi connectivity index (χ0) is 21.4. The Morgan fingerprint density at radius 1 is 1.19 bits per heavy atom. The minimum atomic E-state index is -0.0546. The number of methoxy groups -OCH3 is 1. The molecule has 1 fully saturated rings. The quantitative estimate of drug-likeness (QED) is 0.665. The highest BCUT2D eigenvalue weighted by Crippen LogP contribution is 2.35. The highest BCUT2D eigenvalue weighted by atomic mass is 32.1. The summed E-state index contributed by atoms with van der Waals surface area (Å²) in [5.41, 5.74) is 2.99. The van der Waals surface area contributed by atoms with Gasteiger partial charge in [-0.1, -0.05) is 6.07 Å². The van der Waals surface area contributed by atoms with Gasteiger partial charge in [-0.25, -0.2) is 4.98 Å². The Labute approximate surface area is 184 Å². The van der Waals surface area contributed by atoms with Crippen LogP contribution in [-0.4, -0.2) is 47.1 Å². The van der Waals surface area contributed by atoms with E-state index < -0.39 is 0 Å². The lowest BCUT2D eigenvalue weighted by Gasteiger charge is -2.42. The smallest absolute Gasteiger partial charge is 0.250 e. The van der Waals surface area contributed by atoms with Crippen LogP contribution in [0, 0.1) is 5.92 Å². The molecule has 160 valence electrons. The molecular weight excluding hydrogens is 412 g/mol. The number of fused-ring (bicyclic) bond motifs is 4. The molecule has 2 aromatic heterocycles. The molecule has 2 aliphatic rings. The summed E-state index contributed by atoms with van der Waals surface area (Å²) < 4.78 is 7.10. The van der Waals surface area contributed by atoms with Crippen LogP contribution < -0.4 is 15.6 Å². The van der Waals surface area contributed by atoms with E-state index in [1.165, 1.54) is 11.3 Å². The zero-order valence-electron chi connectivity index (χ0n) is 17.3. The normalized spacial score (nSPS) is 20.2. The van der Waals surface area contributed by atoms with Crippen molar-refractivity contribution in [3.8, 4) is 17.0 Å². The molecule has 8 heteroatoms. The lowest BCUT2D eigenvalue weighted by atomic mass is 9.83. The maximum absolute atomic E-state index is 12.7. The number of rotatable bonds is 5. The molecule has 31 heavy (non-hydrogen) atoms. The second-order valence-electron chi connectivity index (χ2n) is 8.21. The Bertz CT molecular complexity index is 1150. The first kappa shape index (κ1) is 20.0. The molecule has 7 nitrogen and oxygen atoms in total. The van der Waals surface area contributed by atoms with E-state index in [9.17, 15) is 9.59 Å². The molecule has 1 amide bonds. The highest BCUT2D eigenvalue weighted by Gasteiger charge is 2.34. The molecule has 2 aliphatic heterocycles. The third-order valence-electron chi connectivity index (χ3n) is 6.06. The van der Waals surface area contributed by atoms with Crippen LogP contribution in [0.15, 0.2) is 52.6 Å². The van der Waals surface area contributed by atoms with Gasteiger partial charge >= 0.3 is 0 Å². The van der Waals surface area contributed by atoms with E-state index in [1.807, 2.05) is 46.3 Å². The number of benzene rings is 1. The Morgan fingerprint density at radius 3 is 2.84 bits per heavy atom. The van der Waals surface area contributed by atoms with Crippen LogP contribution in [-0.2, 0) is 11.3 Å². The van der Waals surface area contributed by atoms with Crippen molar-refractivity contribution in [3.05, 3.63) is 63.9 Å². The number of carbonyl (C=O) groups is 1. The second kappa shape index (κ2) is 8.28. The summed E-state index contributed by atoms with van der Waals surface area (Å²) in [7, 11) is 1.64. The van der Waals surface area contributed by atoms with Crippen LogP contribution in [0.4, 0.5) is 5.13 Å². The Hall–Kier alpha value is -2.97. The fourth-order valence-electron chi connectivity index (χ4n) is 4.71. The molecule has 0 aliphatic carbocycles. The number of thiazole rings is 1. The standard InChI is InChI=1S/C23H24N4O3S/c1-30-18-7-5-16(6-8-18)19-14-31-23(24-19)25-21(28)13-26-10-15-9-17(12-26)20-3-2-4-22(29)27(20)11-15/h2-8,14-15,17H,9-13H2,1H3,(H,24,25,28)/t15-,17-/m0/s1. The molecule has 0 spiro atoms. The fraction of sp³-hybridized carbons (Fsp3) is 0.348. The van der Waals surface area contributed by atoms with Crippen molar-refractivity contribution in [2.24, 2.45) is 5.92 Å². The molecule has 2 bridgehead atoms. The molecule has 1 aromatic carbocycles. The van der Waals surface area contributed by atoms with Crippen molar-refractivity contribution in [1.29, 1.82) is 0 Å². The number of carbonyl (C=O) groups excluding carboxylic acids is 1. The SMILES string of the molecule is COc1ccc(-c2csc(NC(=O)CN3C[C@@H]4C[C@@H](C3)c3cccc(=O)n3C4)n2)cc1. The third kappa shape index (κ3) is 4.13. The molecule has 5 rings (SSSR count). The van der Waals surface area contributed by atoms with Gasteiger partial charge in [0, 0.05) is 48.3 Å². The average Bonchev–Trinajstić information content (AvgIpc) is 3.23. The van der Waals surface area contributed by atoms with E-state index in [-0.39, 0.29) is 11.5 Å². The number of likely N-dealkylation sites (tertiary alicyclic amines) is 1. The fourth-order valence-corrected chi connectivity index (χ4v) is 5.45. The number of nitrogens with zero attached hydrogens (tertiary/aromatic N) is 3. The van der Waals surface area contributed by atoms with Crippen molar-refractivity contribution < 1.29 is 9.53 Å². The van der Waals surface area contributed by atoms with Gasteiger partial charge in [0.15, 0.2) is 5.13 Å². The average molecular weight is 437 g/mol. The minimum Gasteiger partial charge on any atom is -0.497 e.